The Labute approximate surface area is 156 Å². The molecular formula is C16H30IN5O. The third kappa shape index (κ3) is 7.50. The van der Waals surface area contributed by atoms with Crippen molar-refractivity contribution in [1.29, 1.82) is 0 Å². The Morgan fingerprint density at radius 2 is 2.09 bits per heavy atom. The van der Waals surface area contributed by atoms with Crippen LogP contribution in [0.15, 0.2) is 9.52 Å². The minimum atomic E-state index is 0. The van der Waals surface area contributed by atoms with E-state index in [9.17, 15) is 0 Å². The lowest BCUT2D eigenvalue weighted by atomic mass is 9.81. The first-order chi connectivity index (χ1) is 10.7. The minimum absolute atomic E-state index is 0. The van der Waals surface area contributed by atoms with E-state index in [1.165, 1.54) is 32.1 Å². The summed E-state index contributed by atoms with van der Waals surface area (Å²) < 4.78 is 5.09. The zero-order chi connectivity index (χ0) is 15.8. The van der Waals surface area contributed by atoms with Crippen molar-refractivity contribution in [1.82, 2.24) is 20.8 Å². The Morgan fingerprint density at radius 3 is 2.74 bits per heavy atom. The van der Waals surface area contributed by atoms with Gasteiger partial charge < -0.3 is 15.2 Å². The molecule has 0 radical (unpaired) electrons. The first kappa shape index (κ1) is 20.2. The lowest BCUT2D eigenvalue weighted by Gasteiger charge is -2.26. The van der Waals surface area contributed by atoms with Crippen LogP contribution in [-0.4, -0.2) is 36.2 Å². The van der Waals surface area contributed by atoms with E-state index >= 15 is 0 Å². The van der Waals surface area contributed by atoms with Gasteiger partial charge in [0.1, 0.15) is 0 Å². The zero-order valence-corrected chi connectivity index (χ0v) is 16.8. The van der Waals surface area contributed by atoms with Gasteiger partial charge in [-0.2, -0.15) is 4.98 Å². The molecule has 132 valence electrons. The summed E-state index contributed by atoms with van der Waals surface area (Å²) in [7, 11) is 1.80. The van der Waals surface area contributed by atoms with E-state index in [1.54, 1.807) is 7.05 Å². The Hall–Kier alpha value is -0.860. The van der Waals surface area contributed by atoms with Crippen LogP contribution in [0.1, 0.15) is 50.7 Å². The second kappa shape index (κ2) is 10.8. The van der Waals surface area contributed by atoms with Crippen LogP contribution in [0.3, 0.4) is 0 Å². The molecule has 2 N–H and O–H groups in total. The van der Waals surface area contributed by atoms with Crippen LogP contribution in [0.5, 0.6) is 0 Å². The van der Waals surface area contributed by atoms with E-state index in [0.717, 1.165) is 30.9 Å². The van der Waals surface area contributed by atoms with Gasteiger partial charge >= 0.3 is 0 Å². The standard InChI is InChI=1S/C16H29N5O.HI/c1-12-5-4-6-14(11-12)7-9-18-16(17-3)19-10-8-15-20-13(2)21-22-15;/h12,14H,4-11H2,1-3H3,(H2,17,18,19);1H. The molecule has 1 fully saturated rings. The maximum absolute atomic E-state index is 5.09. The van der Waals surface area contributed by atoms with Gasteiger partial charge in [-0.1, -0.05) is 31.3 Å². The van der Waals surface area contributed by atoms with Crippen molar-refractivity contribution in [3.8, 4) is 0 Å². The number of nitrogens with one attached hydrogen (secondary N) is 2. The number of rotatable bonds is 6. The Kier molecular flexibility index (Phi) is 9.50. The number of guanidine groups is 1. The van der Waals surface area contributed by atoms with Crippen LogP contribution >= 0.6 is 24.0 Å². The second-order valence-corrected chi connectivity index (χ2v) is 6.34. The van der Waals surface area contributed by atoms with Crippen molar-refractivity contribution < 1.29 is 4.52 Å². The maximum atomic E-state index is 5.09. The molecule has 2 unspecified atom stereocenters. The van der Waals surface area contributed by atoms with Gasteiger partial charge in [-0.15, -0.1) is 24.0 Å². The molecule has 2 rings (SSSR count). The van der Waals surface area contributed by atoms with Crippen molar-refractivity contribution in [2.75, 3.05) is 20.1 Å². The van der Waals surface area contributed by atoms with Crippen molar-refractivity contribution >= 4 is 29.9 Å². The summed E-state index contributed by atoms with van der Waals surface area (Å²) in [5, 5.41) is 10.5. The van der Waals surface area contributed by atoms with Gasteiger partial charge in [-0.3, -0.25) is 4.99 Å². The molecule has 1 aromatic rings. The molecule has 2 atom stereocenters. The Morgan fingerprint density at radius 1 is 1.30 bits per heavy atom. The summed E-state index contributed by atoms with van der Waals surface area (Å²) in [6, 6.07) is 0. The van der Waals surface area contributed by atoms with Crippen molar-refractivity contribution in [3.63, 3.8) is 0 Å². The highest BCUT2D eigenvalue weighted by Gasteiger charge is 2.18. The van der Waals surface area contributed by atoms with Crippen LogP contribution in [0.4, 0.5) is 0 Å². The molecule has 6 nitrogen and oxygen atoms in total. The van der Waals surface area contributed by atoms with Gasteiger partial charge in [0.2, 0.25) is 5.89 Å². The SMILES string of the molecule is CN=C(NCCc1nc(C)no1)NCCC1CCCC(C)C1.I. The third-order valence-electron chi connectivity index (χ3n) is 4.31. The third-order valence-corrected chi connectivity index (χ3v) is 4.31. The number of nitrogens with zero attached hydrogens (tertiary/aromatic N) is 3. The average Bonchev–Trinajstić information content (AvgIpc) is 2.91. The maximum Gasteiger partial charge on any atom is 0.228 e. The fourth-order valence-corrected chi connectivity index (χ4v) is 3.17. The molecule has 1 aromatic heterocycles. The fourth-order valence-electron chi connectivity index (χ4n) is 3.17. The highest BCUT2D eigenvalue weighted by atomic mass is 127. The molecule has 0 saturated heterocycles. The number of aryl methyl sites for hydroxylation is 1. The predicted molar refractivity (Wildman–Crippen MR) is 103 cm³/mol. The normalized spacial score (nSPS) is 21.6. The van der Waals surface area contributed by atoms with Crippen molar-refractivity contribution in [3.05, 3.63) is 11.7 Å². The summed E-state index contributed by atoms with van der Waals surface area (Å²) >= 11 is 0. The number of hydrogen-bond acceptors (Lipinski definition) is 4. The first-order valence-electron chi connectivity index (χ1n) is 8.41. The molecule has 1 saturated carbocycles. The average molecular weight is 435 g/mol. The van der Waals surface area contributed by atoms with E-state index in [1.807, 2.05) is 6.92 Å². The zero-order valence-electron chi connectivity index (χ0n) is 14.5. The lowest BCUT2D eigenvalue weighted by molar-refractivity contribution is 0.270. The molecular weight excluding hydrogens is 405 g/mol. The van der Waals surface area contributed by atoms with Crippen LogP contribution in [0.2, 0.25) is 0 Å². The number of aromatic nitrogens is 2. The lowest BCUT2D eigenvalue weighted by Crippen LogP contribution is -2.39. The monoisotopic (exact) mass is 435 g/mol. The molecule has 0 spiro atoms. The van der Waals surface area contributed by atoms with Crippen LogP contribution in [0, 0.1) is 18.8 Å². The molecule has 23 heavy (non-hydrogen) atoms. The van der Waals surface area contributed by atoms with Gasteiger partial charge in [-0.05, 0) is 31.6 Å². The van der Waals surface area contributed by atoms with Gasteiger partial charge in [0, 0.05) is 26.6 Å². The molecule has 1 aliphatic carbocycles. The molecule has 7 heteroatoms. The van der Waals surface area contributed by atoms with Crippen LogP contribution in [-0.2, 0) is 6.42 Å². The first-order valence-corrected chi connectivity index (χ1v) is 8.41. The highest BCUT2D eigenvalue weighted by Crippen LogP contribution is 2.30. The van der Waals surface area contributed by atoms with E-state index in [4.69, 9.17) is 4.52 Å². The molecule has 0 aliphatic heterocycles. The summed E-state index contributed by atoms with van der Waals surface area (Å²) in [6.07, 6.45) is 7.50. The number of hydrogen-bond donors (Lipinski definition) is 2. The van der Waals surface area contributed by atoms with E-state index in [2.05, 4.69) is 32.7 Å². The van der Waals surface area contributed by atoms with E-state index < -0.39 is 0 Å². The Balaban J connectivity index is 0.00000264. The predicted octanol–water partition coefficient (Wildman–Crippen LogP) is 2.92. The molecule has 0 bridgehead atoms. The molecule has 0 aromatic carbocycles. The van der Waals surface area contributed by atoms with E-state index in [-0.39, 0.29) is 24.0 Å². The van der Waals surface area contributed by atoms with Crippen LogP contribution < -0.4 is 10.6 Å². The number of halogens is 1. The largest absolute Gasteiger partial charge is 0.356 e. The summed E-state index contributed by atoms with van der Waals surface area (Å²) in [6.45, 7) is 5.92. The topological polar surface area (TPSA) is 75.3 Å². The fraction of sp³-hybridized carbons (Fsp3) is 0.812. The van der Waals surface area contributed by atoms with E-state index in [0.29, 0.717) is 18.1 Å². The second-order valence-electron chi connectivity index (χ2n) is 6.34. The number of aliphatic imine (C=N–C) groups is 1. The molecule has 1 aliphatic rings. The minimum Gasteiger partial charge on any atom is -0.356 e. The highest BCUT2D eigenvalue weighted by molar-refractivity contribution is 14.0. The van der Waals surface area contributed by atoms with Gasteiger partial charge in [0.15, 0.2) is 11.8 Å². The van der Waals surface area contributed by atoms with Gasteiger partial charge in [-0.25, -0.2) is 0 Å². The molecule has 0 amide bonds. The summed E-state index contributed by atoms with van der Waals surface area (Å²) in [5.41, 5.74) is 0. The van der Waals surface area contributed by atoms with Gasteiger partial charge in [0.25, 0.3) is 0 Å². The smallest absolute Gasteiger partial charge is 0.228 e. The molecule has 1 heterocycles. The Bertz CT molecular complexity index is 477. The van der Waals surface area contributed by atoms with Crippen LogP contribution in [0.25, 0.3) is 0 Å². The summed E-state index contributed by atoms with van der Waals surface area (Å²) in [5.74, 6) is 3.96. The van der Waals surface area contributed by atoms with Crippen molar-refractivity contribution in [2.45, 2.75) is 52.4 Å². The summed E-state index contributed by atoms with van der Waals surface area (Å²) in [4.78, 5) is 8.44. The van der Waals surface area contributed by atoms with Gasteiger partial charge in [0.05, 0.1) is 0 Å². The quantitative estimate of drug-likeness (QED) is 0.408. The van der Waals surface area contributed by atoms with Crippen molar-refractivity contribution in [2.24, 2.45) is 16.8 Å².